The lowest BCUT2D eigenvalue weighted by Gasteiger charge is -2.63. The molecular formula is C49H49NO. The fourth-order valence-electron chi connectivity index (χ4n) is 11.0. The van der Waals surface area contributed by atoms with Crippen molar-refractivity contribution in [3.05, 3.63) is 136 Å². The summed E-state index contributed by atoms with van der Waals surface area (Å²) in [6.07, 6.45) is 4.70. The molecule has 1 spiro atoms. The lowest BCUT2D eigenvalue weighted by Crippen LogP contribution is -2.57. The number of para-hydroxylation sites is 1. The van der Waals surface area contributed by atoms with Crippen LogP contribution in [0.2, 0.25) is 0 Å². The second-order valence-electron chi connectivity index (χ2n) is 17.1. The van der Waals surface area contributed by atoms with E-state index in [1.807, 2.05) is 27.7 Å². The molecule has 0 aromatic heterocycles. The third-order valence-corrected chi connectivity index (χ3v) is 13.3. The highest BCUT2D eigenvalue weighted by Gasteiger charge is 2.61. The Hall–Kier alpha value is -4.30. The zero-order valence-corrected chi connectivity index (χ0v) is 29.3. The molecule has 2 heteroatoms. The molecule has 5 aromatic carbocycles. The number of ether oxygens (including phenoxy) is 1. The Morgan fingerprint density at radius 2 is 1.14 bits per heavy atom. The van der Waals surface area contributed by atoms with Crippen molar-refractivity contribution < 1.29 is 28.0 Å². The van der Waals surface area contributed by atoms with Crippen LogP contribution in [0.4, 0.5) is 17.1 Å². The first kappa shape index (κ1) is 18.0. The maximum atomic E-state index is 10.6. The SMILES string of the molecule is [2H]c1c([2H])c([2H])c2c(c1[2H])Cc1c([2H])c(N(c3c([2H])c([2H])c4c(c3[2H])C(C)(C)CCC4(C)C)c3c([2H])c([2H])c4c(c3[2H])C3(c5c([2H])c([2H])c([2H])c([2H])c5O4)C4CC5CC(C4)CC3C5)c([2H])c([2H])c1-2. The monoisotopic (exact) mass is 684 g/mol. The lowest BCUT2D eigenvalue weighted by atomic mass is 9.42. The van der Waals surface area contributed by atoms with Crippen molar-refractivity contribution >= 4 is 17.1 Å². The third kappa shape index (κ3) is 4.23. The molecule has 4 saturated carbocycles. The quantitative estimate of drug-likeness (QED) is 0.184. The van der Waals surface area contributed by atoms with Crippen molar-refractivity contribution in [1.82, 2.24) is 0 Å². The maximum absolute atomic E-state index is 10.6. The lowest BCUT2D eigenvalue weighted by molar-refractivity contribution is -0.0452. The van der Waals surface area contributed by atoms with Crippen LogP contribution in [0.15, 0.2) is 103 Å². The van der Waals surface area contributed by atoms with Crippen molar-refractivity contribution in [2.45, 2.75) is 95.3 Å². The number of hydrogen-bond acceptors (Lipinski definition) is 2. The summed E-state index contributed by atoms with van der Waals surface area (Å²) in [6.45, 7) is 7.78. The van der Waals surface area contributed by atoms with Crippen molar-refractivity contribution in [2.24, 2.45) is 23.7 Å². The van der Waals surface area contributed by atoms with E-state index in [-0.39, 0.29) is 93.0 Å². The molecule has 4 fully saturated rings. The summed E-state index contributed by atoms with van der Waals surface area (Å²) in [5, 5.41) is 0. The summed E-state index contributed by atoms with van der Waals surface area (Å²) in [7, 11) is 0. The predicted octanol–water partition coefficient (Wildman–Crippen LogP) is 12.9. The molecule has 0 N–H and O–H groups in total. The Morgan fingerprint density at radius 1 is 0.549 bits per heavy atom. The molecule has 0 radical (unpaired) electrons. The van der Waals surface area contributed by atoms with Gasteiger partial charge in [-0.2, -0.15) is 0 Å². The van der Waals surface area contributed by atoms with Crippen LogP contribution in [0, 0.1) is 23.7 Å². The standard InChI is InChI=1S/C49H49NO/c1-47(2)19-20-48(3,4)43-28-37(14-17-41(43)47)50(36-13-16-40-33(27-36)26-32-9-5-6-10-39(32)40)38-15-18-46-44(29-38)49(42-11-7-8-12-45(42)51-46)34-22-30-21-31(24-34)25-35(49)23-30/h5-18,27-31,34-35H,19-26H2,1-4H3/i5D,6D,7D,8D,9D,10D,11D,12D,13D,14D,15D,16D,17D,18D,27D,28D,29D. The van der Waals surface area contributed by atoms with E-state index in [4.69, 9.17) is 14.3 Å². The Bertz CT molecular complexity index is 3170. The first-order valence-electron chi connectivity index (χ1n) is 26.9. The van der Waals surface area contributed by atoms with E-state index < -0.39 is 106 Å². The molecule has 256 valence electrons. The van der Waals surface area contributed by atoms with Gasteiger partial charge in [-0.3, -0.25) is 0 Å². The molecule has 1 aliphatic heterocycles. The Kier molecular flexibility index (Phi) is 3.66. The van der Waals surface area contributed by atoms with Crippen LogP contribution in [0.1, 0.15) is 129 Å². The summed E-state index contributed by atoms with van der Waals surface area (Å²) < 4.78 is 167. The number of nitrogens with zero attached hydrogens (tertiary/aromatic N) is 1. The molecule has 51 heavy (non-hydrogen) atoms. The highest BCUT2D eigenvalue weighted by molar-refractivity contribution is 5.84. The molecule has 1 heterocycles. The van der Waals surface area contributed by atoms with Crippen LogP contribution in [0.3, 0.4) is 0 Å². The summed E-state index contributed by atoms with van der Waals surface area (Å²) in [6, 6.07) is -7.94. The molecule has 2 nitrogen and oxygen atoms in total. The van der Waals surface area contributed by atoms with E-state index in [1.54, 1.807) is 0 Å². The fraction of sp³-hybridized carbons (Fsp3) is 0.388. The second-order valence-corrected chi connectivity index (χ2v) is 17.1. The van der Waals surface area contributed by atoms with Gasteiger partial charge in [0, 0.05) is 33.6 Å². The summed E-state index contributed by atoms with van der Waals surface area (Å²) >= 11 is 0. The van der Waals surface area contributed by atoms with Gasteiger partial charge in [0.2, 0.25) is 0 Å². The summed E-state index contributed by atoms with van der Waals surface area (Å²) in [5.41, 5.74) is -2.59. The van der Waals surface area contributed by atoms with Crippen LogP contribution in [0.5, 0.6) is 11.5 Å². The van der Waals surface area contributed by atoms with Gasteiger partial charge in [-0.1, -0.05) is 82.1 Å². The van der Waals surface area contributed by atoms with Gasteiger partial charge in [-0.25, -0.2) is 0 Å². The van der Waals surface area contributed by atoms with Crippen LogP contribution >= 0.6 is 0 Å². The maximum Gasteiger partial charge on any atom is 0.131 e. The van der Waals surface area contributed by atoms with Gasteiger partial charge in [0.05, 0.1) is 23.3 Å². The minimum atomic E-state index is -1.32. The molecular weight excluding hydrogens is 619 g/mol. The molecule has 0 amide bonds. The topological polar surface area (TPSA) is 12.5 Å². The first-order valence-corrected chi connectivity index (χ1v) is 18.4. The molecule has 12 rings (SSSR count). The van der Waals surface area contributed by atoms with Crippen LogP contribution in [-0.2, 0) is 22.7 Å². The third-order valence-electron chi connectivity index (χ3n) is 13.3. The van der Waals surface area contributed by atoms with Crippen molar-refractivity contribution in [3.63, 3.8) is 0 Å². The van der Waals surface area contributed by atoms with E-state index in [1.165, 1.54) is 0 Å². The molecule has 5 aromatic rings. The minimum absolute atomic E-state index is 0.0153. The predicted molar refractivity (Wildman–Crippen MR) is 209 cm³/mol. The number of anilines is 3. The second kappa shape index (κ2) is 10.4. The first-order chi connectivity index (χ1) is 31.8. The number of benzene rings is 5. The zero-order chi connectivity index (χ0) is 49.1. The largest absolute Gasteiger partial charge is 0.457 e. The van der Waals surface area contributed by atoms with Crippen LogP contribution in [-0.4, -0.2) is 0 Å². The van der Waals surface area contributed by atoms with Crippen molar-refractivity contribution in [3.8, 4) is 22.6 Å². The Morgan fingerprint density at radius 3 is 1.92 bits per heavy atom. The number of hydrogen-bond donors (Lipinski definition) is 0. The molecule has 7 aliphatic rings. The van der Waals surface area contributed by atoms with Gasteiger partial charge in [0.15, 0.2) is 0 Å². The van der Waals surface area contributed by atoms with Crippen LogP contribution < -0.4 is 9.64 Å². The van der Waals surface area contributed by atoms with E-state index >= 15 is 0 Å². The van der Waals surface area contributed by atoms with Gasteiger partial charge in [0.1, 0.15) is 11.5 Å². The van der Waals surface area contributed by atoms with Crippen LogP contribution in [0.25, 0.3) is 11.1 Å². The van der Waals surface area contributed by atoms with Crippen molar-refractivity contribution in [1.29, 1.82) is 0 Å². The highest BCUT2D eigenvalue weighted by atomic mass is 16.5. The number of fused-ring (bicyclic) bond motifs is 6. The highest BCUT2D eigenvalue weighted by Crippen LogP contribution is 2.69. The van der Waals surface area contributed by atoms with E-state index in [0.29, 0.717) is 61.5 Å². The number of rotatable bonds is 3. The van der Waals surface area contributed by atoms with Gasteiger partial charge >= 0.3 is 0 Å². The average molecular weight is 685 g/mol. The normalized spacial score (nSPS) is 32.6. The molecule has 0 unspecified atom stereocenters. The summed E-state index contributed by atoms with van der Waals surface area (Å²) in [5.74, 6) is -0.260. The summed E-state index contributed by atoms with van der Waals surface area (Å²) in [4.78, 5) is 1.10. The fourth-order valence-corrected chi connectivity index (χ4v) is 11.0. The minimum Gasteiger partial charge on any atom is -0.457 e. The van der Waals surface area contributed by atoms with Gasteiger partial charge in [0.25, 0.3) is 0 Å². The zero-order valence-electron chi connectivity index (χ0n) is 46.3. The molecule has 0 saturated heterocycles. The van der Waals surface area contributed by atoms with Gasteiger partial charge in [-0.05, 0) is 168 Å². The average Bonchev–Trinajstić information content (AvgIpc) is 3.70. The van der Waals surface area contributed by atoms with E-state index in [2.05, 4.69) is 0 Å². The van der Waals surface area contributed by atoms with Gasteiger partial charge < -0.3 is 9.64 Å². The Labute approximate surface area is 327 Å². The van der Waals surface area contributed by atoms with Gasteiger partial charge in [-0.15, -0.1) is 0 Å². The van der Waals surface area contributed by atoms with E-state index in [9.17, 15) is 13.7 Å². The Balaban J connectivity index is 1.30. The molecule has 4 bridgehead atoms. The van der Waals surface area contributed by atoms with Crippen molar-refractivity contribution in [2.75, 3.05) is 4.90 Å². The molecule has 6 aliphatic carbocycles. The molecule has 0 atom stereocenters. The van der Waals surface area contributed by atoms with E-state index in [0.717, 1.165) is 11.3 Å². The smallest absolute Gasteiger partial charge is 0.131 e.